The summed E-state index contributed by atoms with van der Waals surface area (Å²) >= 11 is 0. The fourth-order valence-corrected chi connectivity index (χ4v) is 3.90. The topological polar surface area (TPSA) is 66.5 Å². The lowest BCUT2D eigenvalue weighted by atomic mass is 9.73. The Balaban J connectivity index is 1.61. The van der Waals surface area contributed by atoms with Gasteiger partial charge in [0, 0.05) is 6.42 Å². The van der Waals surface area contributed by atoms with Crippen molar-refractivity contribution in [3.05, 3.63) is 35.6 Å². The quantitative estimate of drug-likeness (QED) is 0.853. The van der Waals surface area contributed by atoms with E-state index in [1.807, 2.05) is 0 Å². The molecule has 0 aromatic heterocycles. The standard InChI is InChI=1S/C19H23FN2O3/c1-13(14-5-7-15(20)8-6-14)21-16(23)12-22-17(24)11-19(18(22)25)9-3-2-4-10-19/h5-8,13H,2-4,9-12H2,1H3,(H,21,23). The van der Waals surface area contributed by atoms with Crippen molar-refractivity contribution in [2.75, 3.05) is 6.54 Å². The summed E-state index contributed by atoms with van der Waals surface area (Å²) in [7, 11) is 0. The van der Waals surface area contributed by atoms with E-state index in [9.17, 15) is 18.8 Å². The van der Waals surface area contributed by atoms with Crippen LogP contribution in [0.4, 0.5) is 4.39 Å². The average Bonchev–Trinajstić information content (AvgIpc) is 2.80. The molecule has 1 aliphatic heterocycles. The number of nitrogens with one attached hydrogen (secondary N) is 1. The molecule has 134 valence electrons. The third kappa shape index (κ3) is 3.57. The highest BCUT2D eigenvalue weighted by molar-refractivity contribution is 6.08. The van der Waals surface area contributed by atoms with Gasteiger partial charge < -0.3 is 5.32 Å². The minimum absolute atomic E-state index is 0.193. The van der Waals surface area contributed by atoms with Crippen LogP contribution in [0.1, 0.15) is 57.1 Å². The van der Waals surface area contributed by atoms with Gasteiger partial charge in [0.15, 0.2) is 0 Å². The first-order chi connectivity index (χ1) is 11.9. The molecular formula is C19H23FN2O3. The van der Waals surface area contributed by atoms with E-state index in [1.165, 1.54) is 12.1 Å². The van der Waals surface area contributed by atoms with E-state index in [0.29, 0.717) is 0 Å². The Morgan fingerprint density at radius 2 is 1.84 bits per heavy atom. The Morgan fingerprint density at radius 1 is 1.20 bits per heavy atom. The van der Waals surface area contributed by atoms with Gasteiger partial charge in [-0.3, -0.25) is 19.3 Å². The molecule has 1 atom stereocenters. The van der Waals surface area contributed by atoms with Crippen molar-refractivity contribution in [2.45, 2.75) is 51.5 Å². The molecule has 25 heavy (non-hydrogen) atoms. The van der Waals surface area contributed by atoms with E-state index >= 15 is 0 Å². The Morgan fingerprint density at radius 3 is 2.48 bits per heavy atom. The third-order valence-corrected chi connectivity index (χ3v) is 5.35. The lowest BCUT2D eigenvalue weighted by Gasteiger charge is -2.30. The van der Waals surface area contributed by atoms with Crippen molar-refractivity contribution in [1.29, 1.82) is 0 Å². The van der Waals surface area contributed by atoms with Crippen molar-refractivity contribution >= 4 is 17.7 Å². The van der Waals surface area contributed by atoms with E-state index in [-0.39, 0.29) is 42.5 Å². The molecule has 0 bridgehead atoms. The third-order valence-electron chi connectivity index (χ3n) is 5.35. The van der Waals surface area contributed by atoms with E-state index in [1.54, 1.807) is 19.1 Å². The first kappa shape index (κ1) is 17.6. The number of carbonyl (C=O) groups is 3. The molecule has 1 aromatic carbocycles. The van der Waals surface area contributed by atoms with Gasteiger partial charge in [-0.25, -0.2) is 4.39 Å². The molecule has 1 heterocycles. The SMILES string of the molecule is CC(NC(=O)CN1C(=O)CC2(CCCCC2)C1=O)c1ccc(F)cc1. The van der Waals surface area contributed by atoms with Gasteiger partial charge in [-0.15, -0.1) is 0 Å². The number of hydrogen-bond acceptors (Lipinski definition) is 3. The zero-order valence-electron chi connectivity index (χ0n) is 14.4. The summed E-state index contributed by atoms with van der Waals surface area (Å²) in [6.45, 7) is 1.53. The number of imide groups is 1. The molecule has 6 heteroatoms. The van der Waals surface area contributed by atoms with Gasteiger partial charge in [0.1, 0.15) is 12.4 Å². The van der Waals surface area contributed by atoms with Crippen LogP contribution in [0.25, 0.3) is 0 Å². The molecule has 5 nitrogen and oxygen atoms in total. The predicted octanol–water partition coefficient (Wildman–Crippen LogP) is 2.71. The van der Waals surface area contributed by atoms with Crippen LogP contribution in [0.2, 0.25) is 0 Å². The molecule has 1 aliphatic carbocycles. The number of likely N-dealkylation sites (tertiary alicyclic amines) is 1. The Bertz CT molecular complexity index is 680. The summed E-state index contributed by atoms with van der Waals surface area (Å²) in [6.07, 6.45) is 4.72. The summed E-state index contributed by atoms with van der Waals surface area (Å²) in [5.74, 6) is -1.17. The lowest BCUT2D eigenvalue weighted by Crippen LogP contribution is -2.43. The number of rotatable bonds is 4. The highest BCUT2D eigenvalue weighted by Gasteiger charge is 2.51. The van der Waals surface area contributed by atoms with Crippen LogP contribution in [0.15, 0.2) is 24.3 Å². The number of amides is 3. The van der Waals surface area contributed by atoms with Crippen LogP contribution < -0.4 is 5.32 Å². The van der Waals surface area contributed by atoms with E-state index < -0.39 is 5.41 Å². The summed E-state index contributed by atoms with van der Waals surface area (Å²) < 4.78 is 13.0. The van der Waals surface area contributed by atoms with Crippen molar-refractivity contribution in [2.24, 2.45) is 5.41 Å². The molecular weight excluding hydrogens is 323 g/mol. The van der Waals surface area contributed by atoms with Crippen LogP contribution in [0.5, 0.6) is 0 Å². The van der Waals surface area contributed by atoms with Gasteiger partial charge in [-0.2, -0.15) is 0 Å². The normalized spacial score (nSPS) is 20.8. The largest absolute Gasteiger partial charge is 0.348 e. The number of benzene rings is 1. The highest BCUT2D eigenvalue weighted by atomic mass is 19.1. The van der Waals surface area contributed by atoms with Gasteiger partial charge in [0.05, 0.1) is 11.5 Å². The predicted molar refractivity (Wildman–Crippen MR) is 89.8 cm³/mol. The van der Waals surface area contributed by atoms with Crippen LogP contribution in [0, 0.1) is 11.2 Å². The Hall–Kier alpha value is -2.24. The molecule has 1 unspecified atom stereocenters. The molecule has 1 saturated heterocycles. The van der Waals surface area contributed by atoms with Crippen molar-refractivity contribution in [3.8, 4) is 0 Å². The number of hydrogen-bond donors (Lipinski definition) is 1. The number of carbonyl (C=O) groups excluding carboxylic acids is 3. The second-order valence-electron chi connectivity index (χ2n) is 7.14. The molecule has 1 saturated carbocycles. The van der Waals surface area contributed by atoms with Crippen LogP contribution in [-0.4, -0.2) is 29.2 Å². The smallest absolute Gasteiger partial charge is 0.240 e. The van der Waals surface area contributed by atoms with E-state index in [0.717, 1.165) is 42.6 Å². The van der Waals surface area contributed by atoms with Crippen LogP contribution in [-0.2, 0) is 14.4 Å². The van der Waals surface area contributed by atoms with Gasteiger partial charge in [0.25, 0.3) is 0 Å². The maximum atomic E-state index is 13.0. The van der Waals surface area contributed by atoms with Gasteiger partial charge in [-0.1, -0.05) is 31.4 Å². The minimum Gasteiger partial charge on any atom is -0.348 e. The Kier molecular flexibility index (Phi) is 4.88. The summed E-state index contributed by atoms with van der Waals surface area (Å²) in [5.41, 5.74) is 0.190. The molecule has 2 aliphatic rings. The van der Waals surface area contributed by atoms with Crippen LogP contribution in [0.3, 0.4) is 0 Å². The highest BCUT2D eigenvalue weighted by Crippen LogP contribution is 2.45. The molecule has 1 spiro atoms. The molecule has 3 amide bonds. The molecule has 1 aromatic rings. The molecule has 3 rings (SSSR count). The van der Waals surface area contributed by atoms with Gasteiger partial charge in [0.2, 0.25) is 17.7 Å². The van der Waals surface area contributed by atoms with Crippen molar-refractivity contribution in [3.63, 3.8) is 0 Å². The summed E-state index contributed by atoms with van der Waals surface area (Å²) in [4.78, 5) is 38.4. The average molecular weight is 346 g/mol. The fourth-order valence-electron chi connectivity index (χ4n) is 3.90. The van der Waals surface area contributed by atoms with Crippen LogP contribution >= 0.6 is 0 Å². The first-order valence-electron chi connectivity index (χ1n) is 8.81. The monoisotopic (exact) mass is 346 g/mol. The minimum atomic E-state index is -0.571. The zero-order valence-corrected chi connectivity index (χ0v) is 14.4. The molecule has 0 radical (unpaired) electrons. The lowest BCUT2D eigenvalue weighted by molar-refractivity contribution is -0.145. The molecule has 2 fully saturated rings. The molecule has 1 N–H and O–H groups in total. The van der Waals surface area contributed by atoms with Crippen molar-refractivity contribution in [1.82, 2.24) is 10.2 Å². The van der Waals surface area contributed by atoms with Gasteiger partial charge in [-0.05, 0) is 37.5 Å². The maximum absolute atomic E-state index is 13.0. The fraction of sp³-hybridized carbons (Fsp3) is 0.526. The second kappa shape index (κ2) is 6.94. The van der Waals surface area contributed by atoms with Crippen molar-refractivity contribution < 1.29 is 18.8 Å². The zero-order chi connectivity index (χ0) is 18.0. The summed E-state index contributed by atoms with van der Waals surface area (Å²) in [6, 6.07) is 5.54. The first-order valence-corrected chi connectivity index (χ1v) is 8.81. The Labute approximate surface area is 146 Å². The summed E-state index contributed by atoms with van der Waals surface area (Å²) in [5, 5.41) is 2.77. The van der Waals surface area contributed by atoms with Gasteiger partial charge >= 0.3 is 0 Å². The maximum Gasteiger partial charge on any atom is 0.240 e. The van der Waals surface area contributed by atoms with E-state index in [4.69, 9.17) is 0 Å². The second-order valence-corrected chi connectivity index (χ2v) is 7.14. The number of nitrogens with zero attached hydrogens (tertiary/aromatic N) is 1. The van der Waals surface area contributed by atoms with E-state index in [2.05, 4.69) is 5.32 Å². The number of halogens is 1.